The number of benzene rings is 1. The SMILES string of the molecule is CCOC(=O)[C@H](Cc1ccc(O)cc1)NC(=O)[C@H]1O[C@@H]1C(=O)OCC. The zero-order valence-corrected chi connectivity index (χ0v) is 14.1. The van der Waals surface area contributed by atoms with Crippen molar-refractivity contribution in [1.82, 2.24) is 5.32 Å². The van der Waals surface area contributed by atoms with Crippen molar-refractivity contribution in [3.05, 3.63) is 29.8 Å². The molecule has 2 rings (SSSR count). The molecule has 1 aromatic rings. The lowest BCUT2D eigenvalue weighted by molar-refractivity contribution is -0.147. The fourth-order valence-electron chi connectivity index (χ4n) is 2.27. The summed E-state index contributed by atoms with van der Waals surface area (Å²) in [6.07, 6.45) is -1.71. The molecular weight excluding hydrogens is 330 g/mol. The number of carbonyl (C=O) groups is 3. The summed E-state index contributed by atoms with van der Waals surface area (Å²) in [5, 5.41) is 11.9. The van der Waals surface area contributed by atoms with Gasteiger partial charge in [0, 0.05) is 6.42 Å². The average Bonchev–Trinajstić information content (AvgIpc) is 3.37. The van der Waals surface area contributed by atoms with Gasteiger partial charge in [0.2, 0.25) is 0 Å². The van der Waals surface area contributed by atoms with Crippen molar-refractivity contribution in [2.75, 3.05) is 13.2 Å². The molecule has 0 saturated carbocycles. The normalized spacial score (nSPS) is 19.6. The topological polar surface area (TPSA) is 114 Å². The van der Waals surface area contributed by atoms with Crippen LogP contribution in [0.25, 0.3) is 0 Å². The van der Waals surface area contributed by atoms with E-state index < -0.39 is 36.1 Å². The van der Waals surface area contributed by atoms with Crippen molar-refractivity contribution in [3.63, 3.8) is 0 Å². The Hall–Kier alpha value is -2.61. The van der Waals surface area contributed by atoms with Crippen molar-refractivity contribution in [2.24, 2.45) is 0 Å². The van der Waals surface area contributed by atoms with Crippen LogP contribution in [0.3, 0.4) is 0 Å². The van der Waals surface area contributed by atoms with Gasteiger partial charge in [-0.25, -0.2) is 9.59 Å². The van der Waals surface area contributed by atoms with Crippen molar-refractivity contribution in [2.45, 2.75) is 38.5 Å². The third-order valence-electron chi connectivity index (χ3n) is 3.53. The average molecular weight is 351 g/mol. The zero-order chi connectivity index (χ0) is 18.4. The molecule has 136 valence electrons. The van der Waals surface area contributed by atoms with Gasteiger partial charge in [0.25, 0.3) is 5.91 Å². The maximum atomic E-state index is 12.2. The predicted molar refractivity (Wildman–Crippen MR) is 85.7 cm³/mol. The minimum absolute atomic E-state index is 0.101. The number of hydrogen-bond acceptors (Lipinski definition) is 7. The molecule has 2 N–H and O–H groups in total. The molecule has 1 aromatic carbocycles. The monoisotopic (exact) mass is 351 g/mol. The number of phenolic OH excluding ortho intramolecular Hbond substituents is 1. The van der Waals surface area contributed by atoms with Gasteiger partial charge in [-0.05, 0) is 31.5 Å². The summed E-state index contributed by atoms with van der Waals surface area (Å²) < 4.78 is 14.8. The molecule has 0 aliphatic carbocycles. The van der Waals surface area contributed by atoms with Gasteiger partial charge in [0.15, 0.2) is 12.2 Å². The molecule has 1 saturated heterocycles. The molecular formula is C17H21NO7. The van der Waals surface area contributed by atoms with Crippen molar-refractivity contribution in [3.8, 4) is 5.75 Å². The minimum Gasteiger partial charge on any atom is -0.508 e. The van der Waals surface area contributed by atoms with Gasteiger partial charge in [-0.15, -0.1) is 0 Å². The van der Waals surface area contributed by atoms with E-state index in [-0.39, 0.29) is 25.4 Å². The first-order valence-corrected chi connectivity index (χ1v) is 8.03. The van der Waals surface area contributed by atoms with Crippen LogP contribution in [0.15, 0.2) is 24.3 Å². The summed E-state index contributed by atoms with van der Waals surface area (Å²) in [7, 11) is 0. The molecule has 3 atom stereocenters. The second-order valence-corrected chi connectivity index (χ2v) is 5.41. The van der Waals surface area contributed by atoms with E-state index in [0.717, 1.165) is 5.56 Å². The number of epoxide rings is 1. The van der Waals surface area contributed by atoms with Gasteiger partial charge >= 0.3 is 11.9 Å². The number of amides is 1. The number of hydrogen-bond donors (Lipinski definition) is 2. The predicted octanol–water partition coefficient (Wildman–Crippen LogP) is 0.313. The molecule has 0 unspecified atom stereocenters. The molecule has 25 heavy (non-hydrogen) atoms. The second kappa shape index (κ2) is 8.48. The van der Waals surface area contributed by atoms with Crippen LogP contribution in [0.2, 0.25) is 0 Å². The summed E-state index contributed by atoms with van der Waals surface area (Å²) >= 11 is 0. The number of ether oxygens (including phenoxy) is 3. The number of rotatable bonds is 8. The van der Waals surface area contributed by atoms with E-state index in [1.165, 1.54) is 12.1 Å². The largest absolute Gasteiger partial charge is 0.508 e. The Morgan fingerprint density at radius 1 is 1.12 bits per heavy atom. The molecule has 1 fully saturated rings. The van der Waals surface area contributed by atoms with Gasteiger partial charge in [-0.3, -0.25) is 4.79 Å². The molecule has 0 bridgehead atoms. The second-order valence-electron chi connectivity index (χ2n) is 5.41. The highest BCUT2D eigenvalue weighted by atomic mass is 16.6. The maximum Gasteiger partial charge on any atom is 0.338 e. The Kier molecular flexibility index (Phi) is 6.35. The van der Waals surface area contributed by atoms with Gasteiger partial charge < -0.3 is 24.6 Å². The molecule has 0 radical (unpaired) electrons. The van der Waals surface area contributed by atoms with Crippen molar-refractivity contribution >= 4 is 17.8 Å². The van der Waals surface area contributed by atoms with Gasteiger partial charge in [-0.2, -0.15) is 0 Å². The van der Waals surface area contributed by atoms with Gasteiger partial charge in [0.1, 0.15) is 11.8 Å². The summed E-state index contributed by atoms with van der Waals surface area (Å²) in [5.74, 6) is -1.66. The smallest absolute Gasteiger partial charge is 0.338 e. The first-order chi connectivity index (χ1) is 12.0. The fraction of sp³-hybridized carbons (Fsp3) is 0.471. The highest BCUT2D eigenvalue weighted by Gasteiger charge is 2.52. The van der Waals surface area contributed by atoms with Crippen LogP contribution in [-0.4, -0.2) is 54.4 Å². The molecule has 1 amide bonds. The fourth-order valence-corrected chi connectivity index (χ4v) is 2.27. The summed E-state index contributed by atoms with van der Waals surface area (Å²) in [6.45, 7) is 3.69. The molecule has 1 heterocycles. The summed E-state index contributed by atoms with van der Waals surface area (Å²) in [5.41, 5.74) is 0.731. The summed E-state index contributed by atoms with van der Waals surface area (Å²) in [6, 6.07) is 5.33. The van der Waals surface area contributed by atoms with Crippen molar-refractivity contribution < 1.29 is 33.7 Å². The first kappa shape index (κ1) is 18.7. The standard InChI is InChI=1S/C17H21NO7/c1-3-23-16(21)12(9-10-5-7-11(19)8-6-10)18-15(20)13-14(25-13)17(22)24-4-2/h5-8,12-14,19H,3-4,9H2,1-2H3,(H,18,20)/t12-,13-,14-/m0/s1. The lowest BCUT2D eigenvalue weighted by Gasteiger charge is -2.17. The Balaban J connectivity index is 1.99. The van der Waals surface area contributed by atoms with Crippen LogP contribution in [0.1, 0.15) is 19.4 Å². The van der Waals surface area contributed by atoms with Crippen LogP contribution >= 0.6 is 0 Å². The lowest BCUT2D eigenvalue weighted by atomic mass is 10.1. The van der Waals surface area contributed by atoms with Crippen LogP contribution in [0, 0.1) is 0 Å². The Labute approximate surface area is 145 Å². The Bertz CT molecular complexity index is 628. The van der Waals surface area contributed by atoms with Crippen LogP contribution in [0.4, 0.5) is 0 Å². The van der Waals surface area contributed by atoms with Gasteiger partial charge in [0.05, 0.1) is 13.2 Å². The Morgan fingerprint density at radius 2 is 1.76 bits per heavy atom. The van der Waals surface area contributed by atoms with Crippen molar-refractivity contribution in [1.29, 1.82) is 0 Å². The van der Waals surface area contributed by atoms with E-state index in [1.54, 1.807) is 26.0 Å². The van der Waals surface area contributed by atoms with Crippen LogP contribution < -0.4 is 5.32 Å². The van der Waals surface area contributed by atoms with E-state index in [1.807, 2.05) is 0 Å². The maximum absolute atomic E-state index is 12.2. The highest BCUT2D eigenvalue weighted by molar-refractivity contribution is 5.94. The number of carbonyl (C=O) groups excluding carboxylic acids is 3. The lowest BCUT2D eigenvalue weighted by Crippen LogP contribution is -2.45. The highest BCUT2D eigenvalue weighted by Crippen LogP contribution is 2.24. The quantitative estimate of drug-likeness (QED) is 0.512. The summed E-state index contributed by atoms with van der Waals surface area (Å²) in [4.78, 5) is 35.8. The Morgan fingerprint density at radius 3 is 2.36 bits per heavy atom. The van der Waals surface area contributed by atoms with E-state index in [0.29, 0.717) is 0 Å². The third kappa shape index (κ3) is 5.18. The van der Waals surface area contributed by atoms with E-state index in [2.05, 4.69) is 5.32 Å². The van der Waals surface area contributed by atoms with Gasteiger partial charge in [-0.1, -0.05) is 12.1 Å². The van der Waals surface area contributed by atoms with E-state index in [9.17, 15) is 19.5 Å². The van der Waals surface area contributed by atoms with Crippen LogP contribution in [-0.2, 0) is 35.0 Å². The molecule has 8 heteroatoms. The third-order valence-corrected chi connectivity index (χ3v) is 3.53. The number of esters is 2. The molecule has 1 aliphatic rings. The number of aromatic hydroxyl groups is 1. The number of phenols is 1. The van der Waals surface area contributed by atoms with E-state index >= 15 is 0 Å². The van der Waals surface area contributed by atoms with E-state index in [4.69, 9.17) is 14.2 Å². The number of nitrogens with one attached hydrogen (secondary N) is 1. The molecule has 0 spiro atoms. The molecule has 1 aliphatic heterocycles. The molecule has 0 aromatic heterocycles. The molecule has 8 nitrogen and oxygen atoms in total. The minimum atomic E-state index is -0.962. The zero-order valence-electron chi connectivity index (χ0n) is 14.1. The first-order valence-electron chi connectivity index (χ1n) is 8.03. The van der Waals surface area contributed by atoms with Crippen LogP contribution in [0.5, 0.6) is 5.75 Å².